The number of aliphatic hydroxyl groups excluding tert-OH is 1. The molecule has 0 saturated heterocycles. The van der Waals surface area contributed by atoms with Gasteiger partial charge >= 0.3 is 0 Å². The van der Waals surface area contributed by atoms with Crippen molar-refractivity contribution in [1.29, 1.82) is 0 Å². The average Bonchev–Trinajstić information content (AvgIpc) is 2.00. The van der Waals surface area contributed by atoms with Crippen LogP contribution >= 0.6 is 0 Å². The maximum absolute atomic E-state index is 8.55. The van der Waals surface area contributed by atoms with Crippen LogP contribution in [0.2, 0.25) is 0 Å². The van der Waals surface area contributed by atoms with Crippen molar-refractivity contribution in [2.45, 2.75) is 45.1 Å². The highest BCUT2D eigenvalue weighted by atomic mass is 16.2. The Bertz CT molecular complexity index is 110. The zero-order chi connectivity index (χ0) is 8.81. The van der Waals surface area contributed by atoms with Crippen LogP contribution in [-0.4, -0.2) is 24.3 Å². The monoisotopic (exact) mass is 171 g/mol. The zero-order valence-corrected chi connectivity index (χ0v) is 8.05. The minimum absolute atomic E-state index is 0.348. The Morgan fingerprint density at radius 2 is 2.00 bits per heavy atom. The van der Waals surface area contributed by atoms with Crippen molar-refractivity contribution in [2.24, 2.45) is 5.92 Å². The summed E-state index contributed by atoms with van der Waals surface area (Å²) in [6, 6.07) is 0.800. The predicted octanol–water partition coefficient (Wildman–Crippen LogP) is 1.54. The standard InChI is InChI=1S/C10H21NO/c1-9-7-10(8-9)11-5-3-2-4-6-12/h9-12H,2-8H2,1H3. The van der Waals surface area contributed by atoms with Crippen molar-refractivity contribution in [3.8, 4) is 0 Å². The molecular formula is C10H21NO. The van der Waals surface area contributed by atoms with Gasteiger partial charge in [0, 0.05) is 12.6 Å². The zero-order valence-electron chi connectivity index (χ0n) is 8.05. The largest absolute Gasteiger partial charge is 0.396 e. The molecule has 0 aromatic carbocycles. The minimum Gasteiger partial charge on any atom is -0.396 e. The molecular weight excluding hydrogens is 150 g/mol. The maximum atomic E-state index is 8.55. The highest BCUT2D eigenvalue weighted by Gasteiger charge is 2.23. The van der Waals surface area contributed by atoms with Crippen LogP contribution in [0.5, 0.6) is 0 Å². The number of unbranched alkanes of at least 4 members (excludes halogenated alkanes) is 2. The average molecular weight is 171 g/mol. The third-order valence-electron chi connectivity index (χ3n) is 2.64. The second kappa shape index (κ2) is 5.55. The van der Waals surface area contributed by atoms with Gasteiger partial charge < -0.3 is 10.4 Å². The first-order valence-electron chi connectivity index (χ1n) is 5.17. The summed E-state index contributed by atoms with van der Waals surface area (Å²) in [7, 11) is 0. The molecule has 0 aromatic heterocycles. The van der Waals surface area contributed by atoms with Crippen LogP contribution in [0.25, 0.3) is 0 Å². The second-order valence-electron chi connectivity index (χ2n) is 4.01. The fourth-order valence-corrected chi connectivity index (χ4v) is 1.79. The minimum atomic E-state index is 0.348. The van der Waals surface area contributed by atoms with Crippen LogP contribution in [0.15, 0.2) is 0 Å². The van der Waals surface area contributed by atoms with Gasteiger partial charge in [0.2, 0.25) is 0 Å². The topological polar surface area (TPSA) is 32.3 Å². The number of aliphatic hydroxyl groups is 1. The summed E-state index contributed by atoms with van der Waals surface area (Å²) in [5.41, 5.74) is 0. The molecule has 2 heteroatoms. The first-order valence-corrected chi connectivity index (χ1v) is 5.17. The molecule has 1 rings (SSSR count). The van der Waals surface area contributed by atoms with Gasteiger partial charge in [0.25, 0.3) is 0 Å². The van der Waals surface area contributed by atoms with Crippen molar-refractivity contribution in [2.75, 3.05) is 13.2 Å². The Hall–Kier alpha value is -0.0800. The van der Waals surface area contributed by atoms with E-state index in [4.69, 9.17) is 5.11 Å². The van der Waals surface area contributed by atoms with E-state index in [9.17, 15) is 0 Å². The predicted molar refractivity (Wildman–Crippen MR) is 51.1 cm³/mol. The Kier molecular flexibility index (Phi) is 4.62. The summed E-state index contributed by atoms with van der Waals surface area (Å²) in [5, 5.41) is 12.1. The van der Waals surface area contributed by atoms with E-state index in [1.165, 1.54) is 19.3 Å². The first kappa shape index (κ1) is 10.0. The van der Waals surface area contributed by atoms with Gasteiger partial charge in [-0.15, -0.1) is 0 Å². The van der Waals surface area contributed by atoms with Gasteiger partial charge in [-0.3, -0.25) is 0 Å². The fourth-order valence-electron chi connectivity index (χ4n) is 1.79. The number of rotatable bonds is 6. The van der Waals surface area contributed by atoms with E-state index in [1.54, 1.807) is 0 Å². The van der Waals surface area contributed by atoms with Gasteiger partial charge in [-0.25, -0.2) is 0 Å². The number of hydrogen-bond acceptors (Lipinski definition) is 2. The molecule has 0 aliphatic heterocycles. The van der Waals surface area contributed by atoms with E-state index in [0.29, 0.717) is 6.61 Å². The van der Waals surface area contributed by atoms with E-state index < -0.39 is 0 Å². The van der Waals surface area contributed by atoms with Crippen LogP contribution < -0.4 is 5.32 Å². The lowest BCUT2D eigenvalue weighted by Gasteiger charge is -2.33. The number of nitrogens with one attached hydrogen (secondary N) is 1. The Morgan fingerprint density at radius 1 is 1.25 bits per heavy atom. The first-order chi connectivity index (χ1) is 5.83. The Balaban J connectivity index is 1.77. The molecule has 0 heterocycles. The van der Waals surface area contributed by atoms with Crippen LogP contribution in [-0.2, 0) is 0 Å². The van der Waals surface area contributed by atoms with Gasteiger partial charge in [-0.05, 0) is 44.6 Å². The van der Waals surface area contributed by atoms with E-state index in [-0.39, 0.29) is 0 Å². The molecule has 2 nitrogen and oxygen atoms in total. The molecule has 1 fully saturated rings. The Morgan fingerprint density at radius 3 is 2.58 bits per heavy atom. The van der Waals surface area contributed by atoms with Crippen molar-refractivity contribution < 1.29 is 5.11 Å². The summed E-state index contributed by atoms with van der Waals surface area (Å²) in [6.07, 6.45) is 6.06. The van der Waals surface area contributed by atoms with Crippen molar-refractivity contribution in [3.05, 3.63) is 0 Å². The molecule has 1 saturated carbocycles. The molecule has 1 aliphatic rings. The lowest BCUT2D eigenvalue weighted by atomic mass is 9.82. The van der Waals surface area contributed by atoms with Crippen LogP contribution in [0, 0.1) is 5.92 Å². The van der Waals surface area contributed by atoms with Crippen LogP contribution in [0.3, 0.4) is 0 Å². The van der Waals surface area contributed by atoms with Gasteiger partial charge in [-0.2, -0.15) is 0 Å². The summed E-state index contributed by atoms with van der Waals surface area (Å²) in [4.78, 5) is 0. The Labute approximate surface area is 75.4 Å². The quantitative estimate of drug-likeness (QED) is 0.594. The second-order valence-corrected chi connectivity index (χ2v) is 4.01. The van der Waals surface area contributed by atoms with Gasteiger partial charge in [0.15, 0.2) is 0 Å². The fraction of sp³-hybridized carbons (Fsp3) is 1.00. The smallest absolute Gasteiger partial charge is 0.0431 e. The molecule has 0 bridgehead atoms. The lowest BCUT2D eigenvalue weighted by molar-refractivity contribution is 0.239. The van der Waals surface area contributed by atoms with Gasteiger partial charge in [0.05, 0.1) is 0 Å². The summed E-state index contributed by atoms with van der Waals surface area (Å²) < 4.78 is 0. The molecule has 0 spiro atoms. The molecule has 72 valence electrons. The highest BCUT2D eigenvalue weighted by Crippen LogP contribution is 2.25. The van der Waals surface area contributed by atoms with Crippen molar-refractivity contribution >= 4 is 0 Å². The molecule has 0 aromatic rings. The third kappa shape index (κ3) is 3.55. The van der Waals surface area contributed by atoms with E-state index in [2.05, 4.69) is 12.2 Å². The lowest BCUT2D eigenvalue weighted by Crippen LogP contribution is -2.40. The summed E-state index contributed by atoms with van der Waals surface area (Å²) in [6.45, 7) is 3.79. The SMILES string of the molecule is CC1CC(NCCCCCO)C1. The van der Waals surface area contributed by atoms with Crippen LogP contribution in [0.4, 0.5) is 0 Å². The molecule has 0 unspecified atom stereocenters. The summed E-state index contributed by atoms with van der Waals surface area (Å²) in [5.74, 6) is 0.944. The molecule has 0 atom stereocenters. The molecule has 2 N–H and O–H groups in total. The van der Waals surface area contributed by atoms with E-state index >= 15 is 0 Å². The maximum Gasteiger partial charge on any atom is 0.0431 e. The normalized spacial score (nSPS) is 28.5. The molecule has 1 aliphatic carbocycles. The number of hydrogen-bond donors (Lipinski definition) is 2. The third-order valence-corrected chi connectivity index (χ3v) is 2.64. The van der Waals surface area contributed by atoms with Gasteiger partial charge in [-0.1, -0.05) is 6.92 Å². The molecule has 0 radical (unpaired) electrons. The summed E-state index contributed by atoms with van der Waals surface area (Å²) >= 11 is 0. The molecule has 0 amide bonds. The molecule has 12 heavy (non-hydrogen) atoms. The van der Waals surface area contributed by atoms with Crippen molar-refractivity contribution in [1.82, 2.24) is 5.32 Å². The van der Waals surface area contributed by atoms with E-state index in [1.807, 2.05) is 0 Å². The highest BCUT2D eigenvalue weighted by molar-refractivity contribution is 4.81. The van der Waals surface area contributed by atoms with Gasteiger partial charge in [0.1, 0.15) is 0 Å². The van der Waals surface area contributed by atoms with E-state index in [0.717, 1.165) is 31.3 Å². The van der Waals surface area contributed by atoms with Crippen molar-refractivity contribution in [3.63, 3.8) is 0 Å². The van der Waals surface area contributed by atoms with Crippen LogP contribution in [0.1, 0.15) is 39.0 Å².